The lowest BCUT2D eigenvalue weighted by Gasteiger charge is -2.37. The molecule has 0 aromatic rings. The minimum absolute atomic E-state index is 0.149. The highest BCUT2D eigenvalue weighted by Crippen LogP contribution is 2.34. The summed E-state index contributed by atoms with van der Waals surface area (Å²) in [5.41, 5.74) is -0.225. The number of amides is 1. The van der Waals surface area contributed by atoms with Crippen molar-refractivity contribution in [1.82, 2.24) is 15.5 Å². The molecule has 1 aliphatic heterocycles. The second-order valence-corrected chi connectivity index (χ2v) is 6.65. The van der Waals surface area contributed by atoms with Gasteiger partial charge in [0.15, 0.2) is 0 Å². The van der Waals surface area contributed by atoms with Crippen molar-refractivity contribution in [1.29, 1.82) is 0 Å². The Bertz CT molecular complexity index is 332. The van der Waals surface area contributed by atoms with E-state index in [1.165, 1.54) is 25.7 Å². The molecule has 2 aliphatic rings. The Hall–Kier alpha value is -0.650. The van der Waals surface area contributed by atoms with E-state index in [9.17, 15) is 4.79 Å². The maximum absolute atomic E-state index is 12.6. The fourth-order valence-electron chi connectivity index (χ4n) is 3.65. The molecular formula is C15H29N3O2. The third kappa shape index (κ3) is 3.00. The highest BCUT2D eigenvalue weighted by molar-refractivity contribution is 5.83. The molecule has 0 aromatic heterocycles. The van der Waals surface area contributed by atoms with E-state index in [4.69, 9.17) is 4.74 Å². The van der Waals surface area contributed by atoms with Gasteiger partial charge in [-0.05, 0) is 39.9 Å². The highest BCUT2D eigenvalue weighted by atomic mass is 16.5. The molecule has 5 heteroatoms. The van der Waals surface area contributed by atoms with Crippen molar-refractivity contribution in [2.45, 2.75) is 37.6 Å². The standard InChI is InChI=1S/C15H29N3O2/c1-18(2)15(6-4-5-7-15)11-17-13(19)14(12-20-3)8-9-16-10-14/h16H,4-12H2,1-3H3,(H,17,19). The van der Waals surface area contributed by atoms with Crippen LogP contribution < -0.4 is 10.6 Å². The number of carbonyl (C=O) groups is 1. The molecule has 1 saturated carbocycles. The summed E-state index contributed by atoms with van der Waals surface area (Å²) >= 11 is 0. The second-order valence-electron chi connectivity index (χ2n) is 6.65. The number of methoxy groups -OCH3 is 1. The summed E-state index contributed by atoms with van der Waals surface area (Å²) in [4.78, 5) is 14.9. The normalized spacial score (nSPS) is 29.0. The number of likely N-dealkylation sites (N-methyl/N-ethyl adjacent to an activating group) is 1. The van der Waals surface area contributed by atoms with Crippen LogP contribution in [-0.4, -0.2) is 63.8 Å². The first-order valence-corrected chi connectivity index (χ1v) is 7.70. The molecule has 2 N–H and O–H groups in total. The number of ether oxygens (including phenoxy) is 1. The van der Waals surface area contributed by atoms with Crippen LogP contribution in [0.3, 0.4) is 0 Å². The largest absolute Gasteiger partial charge is 0.384 e. The van der Waals surface area contributed by atoms with Gasteiger partial charge in [0.1, 0.15) is 0 Å². The summed E-state index contributed by atoms with van der Waals surface area (Å²) in [5, 5.41) is 6.50. The van der Waals surface area contributed by atoms with Gasteiger partial charge in [0, 0.05) is 25.7 Å². The fourth-order valence-corrected chi connectivity index (χ4v) is 3.65. The fraction of sp³-hybridized carbons (Fsp3) is 0.933. The van der Waals surface area contributed by atoms with Gasteiger partial charge in [-0.15, -0.1) is 0 Å². The van der Waals surface area contributed by atoms with E-state index in [0.717, 1.165) is 26.1 Å². The predicted molar refractivity (Wildman–Crippen MR) is 79.7 cm³/mol. The molecule has 116 valence electrons. The molecule has 1 aliphatic carbocycles. The van der Waals surface area contributed by atoms with Crippen LogP contribution in [0.4, 0.5) is 0 Å². The molecular weight excluding hydrogens is 254 g/mol. The van der Waals surface area contributed by atoms with Crippen molar-refractivity contribution < 1.29 is 9.53 Å². The molecule has 0 bridgehead atoms. The molecule has 1 saturated heterocycles. The third-order valence-electron chi connectivity index (χ3n) is 5.21. The van der Waals surface area contributed by atoms with Crippen LogP contribution in [0.15, 0.2) is 0 Å². The Kier molecular flexibility index (Phi) is 5.04. The minimum Gasteiger partial charge on any atom is -0.384 e. The quantitative estimate of drug-likeness (QED) is 0.750. The first kappa shape index (κ1) is 15.7. The molecule has 1 heterocycles. The first-order chi connectivity index (χ1) is 9.55. The summed E-state index contributed by atoms with van der Waals surface area (Å²) in [6, 6.07) is 0. The van der Waals surface area contributed by atoms with Crippen LogP contribution in [0.2, 0.25) is 0 Å². The highest BCUT2D eigenvalue weighted by Gasteiger charge is 2.43. The average Bonchev–Trinajstić information content (AvgIpc) is 3.06. The maximum atomic E-state index is 12.6. The molecule has 20 heavy (non-hydrogen) atoms. The van der Waals surface area contributed by atoms with Crippen molar-refractivity contribution in [3.8, 4) is 0 Å². The van der Waals surface area contributed by atoms with Crippen LogP contribution in [0.5, 0.6) is 0 Å². The number of hydrogen-bond acceptors (Lipinski definition) is 4. The van der Waals surface area contributed by atoms with Gasteiger partial charge in [-0.2, -0.15) is 0 Å². The van der Waals surface area contributed by atoms with E-state index in [2.05, 4.69) is 29.6 Å². The van der Waals surface area contributed by atoms with Gasteiger partial charge in [-0.25, -0.2) is 0 Å². The molecule has 2 rings (SSSR count). The second kappa shape index (κ2) is 6.41. The van der Waals surface area contributed by atoms with Gasteiger partial charge in [0.25, 0.3) is 0 Å². The van der Waals surface area contributed by atoms with Gasteiger partial charge in [0.2, 0.25) is 5.91 Å². The van der Waals surface area contributed by atoms with Crippen molar-refractivity contribution in [2.75, 3.05) is 47.4 Å². The monoisotopic (exact) mass is 283 g/mol. The Balaban J connectivity index is 1.96. The summed E-state index contributed by atoms with van der Waals surface area (Å²) < 4.78 is 5.28. The number of hydrogen-bond donors (Lipinski definition) is 2. The number of carbonyl (C=O) groups excluding carboxylic acids is 1. The SMILES string of the molecule is COCC1(C(=O)NCC2(N(C)C)CCCC2)CCNC1. The summed E-state index contributed by atoms with van der Waals surface area (Å²) in [5.74, 6) is 0.150. The lowest BCUT2D eigenvalue weighted by Crippen LogP contribution is -2.54. The predicted octanol–water partition coefficient (Wildman–Crippen LogP) is 0.603. The van der Waals surface area contributed by atoms with E-state index in [1.54, 1.807) is 7.11 Å². The van der Waals surface area contributed by atoms with E-state index in [0.29, 0.717) is 6.61 Å². The van der Waals surface area contributed by atoms with Gasteiger partial charge in [-0.3, -0.25) is 4.79 Å². The molecule has 1 unspecified atom stereocenters. The smallest absolute Gasteiger partial charge is 0.229 e. The Morgan fingerprint density at radius 1 is 1.30 bits per heavy atom. The first-order valence-electron chi connectivity index (χ1n) is 7.70. The van der Waals surface area contributed by atoms with Gasteiger partial charge < -0.3 is 20.3 Å². The van der Waals surface area contributed by atoms with Crippen LogP contribution in [0.25, 0.3) is 0 Å². The van der Waals surface area contributed by atoms with Crippen molar-refractivity contribution in [3.05, 3.63) is 0 Å². The van der Waals surface area contributed by atoms with Gasteiger partial charge >= 0.3 is 0 Å². The van der Waals surface area contributed by atoms with Gasteiger partial charge in [-0.1, -0.05) is 12.8 Å². The molecule has 1 atom stereocenters. The van der Waals surface area contributed by atoms with Crippen LogP contribution in [0.1, 0.15) is 32.1 Å². The van der Waals surface area contributed by atoms with Crippen molar-refractivity contribution >= 4 is 5.91 Å². The van der Waals surface area contributed by atoms with Crippen LogP contribution in [-0.2, 0) is 9.53 Å². The van der Waals surface area contributed by atoms with Gasteiger partial charge in [0.05, 0.1) is 12.0 Å². The number of nitrogens with one attached hydrogen (secondary N) is 2. The average molecular weight is 283 g/mol. The maximum Gasteiger partial charge on any atom is 0.229 e. The van der Waals surface area contributed by atoms with Crippen LogP contribution in [0, 0.1) is 5.41 Å². The summed E-state index contributed by atoms with van der Waals surface area (Å²) in [6.45, 7) is 2.88. The topological polar surface area (TPSA) is 53.6 Å². The van der Waals surface area contributed by atoms with Crippen molar-refractivity contribution in [2.24, 2.45) is 5.41 Å². The zero-order valence-electron chi connectivity index (χ0n) is 13.1. The molecule has 5 nitrogen and oxygen atoms in total. The Morgan fingerprint density at radius 3 is 2.50 bits per heavy atom. The lowest BCUT2D eigenvalue weighted by molar-refractivity contribution is -0.133. The number of nitrogens with zero attached hydrogens (tertiary/aromatic N) is 1. The summed E-state index contributed by atoms with van der Waals surface area (Å²) in [7, 11) is 5.92. The van der Waals surface area contributed by atoms with Crippen LogP contribution >= 0.6 is 0 Å². The summed E-state index contributed by atoms with van der Waals surface area (Å²) in [6.07, 6.45) is 5.74. The molecule has 0 radical (unpaired) electrons. The molecule has 0 spiro atoms. The van der Waals surface area contributed by atoms with E-state index >= 15 is 0 Å². The molecule has 2 fully saturated rings. The minimum atomic E-state index is -0.374. The van der Waals surface area contributed by atoms with E-state index in [1.807, 2.05) is 0 Å². The zero-order chi connectivity index (χ0) is 14.6. The molecule has 1 amide bonds. The lowest BCUT2D eigenvalue weighted by atomic mass is 9.86. The third-order valence-corrected chi connectivity index (χ3v) is 5.21. The zero-order valence-corrected chi connectivity index (χ0v) is 13.1. The molecule has 0 aromatic carbocycles. The van der Waals surface area contributed by atoms with Crippen molar-refractivity contribution in [3.63, 3.8) is 0 Å². The van der Waals surface area contributed by atoms with E-state index < -0.39 is 0 Å². The number of rotatable bonds is 6. The van der Waals surface area contributed by atoms with E-state index in [-0.39, 0.29) is 16.9 Å². The Morgan fingerprint density at radius 2 is 2.00 bits per heavy atom. The Labute approximate surface area is 122 Å².